The fourth-order valence-corrected chi connectivity index (χ4v) is 3.56. The molecule has 0 aromatic heterocycles. The average Bonchev–Trinajstić information content (AvgIpc) is 3.12. The van der Waals surface area contributed by atoms with Crippen LogP contribution in [0.4, 0.5) is 11.4 Å². The minimum atomic E-state index is -1.03. The van der Waals surface area contributed by atoms with E-state index in [0.29, 0.717) is 22.5 Å². The number of carboxylic acid groups (broad SMARTS) is 1. The van der Waals surface area contributed by atoms with Gasteiger partial charge in [0.25, 0.3) is 5.91 Å². The molecule has 31 heavy (non-hydrogen) atoms. The van der Waals surface area contributed by atoms with Crippen molar-refractivity contribution >= 4 is 34.5 Å². The van der Waals surface area contributed by atoms with Gasteiger partial charge in [0.05, 0.1) is 22.5 Å². The van der Waals surface area contributed by atoms with Crippen LogP contribution in [0.15, 0.2) is 72.8 Å². The molecule has 4 N–H and O–H groups in total. The molecule has 4 rings (SSSR count). The van der Waals surface area contributed by atoms with Gasteiger partial charge in [-0.15, -0.1) is 0 Å². The minimum absolute atomic E-state index is 0.130. The summed E-state index contributed by atoms with van der Waals surface area (Å²) in [6, 6.07) is 22.4. The second kappa shape index (κ2) is 8.85. The Hall–Kier alpha value is -3.90. The van der Waals surface area contributed by atoms with Gasteiger partial charge in [-0.05, 0) is 41.9 Å². The van der Waals surface area contributed by atoms with Crippen LogP contribution < -0.4 is 16.0 Å². The van der Waals surface area contributed by atoms with Gasteiger partial charge >= 0.3 is 5.97 Å². The predicted octanol–water partition coefficient (Wildman–Crippen LogP) is 4.43. The first-order chi connectivity index (χ1) is 15.1. The van der Waals surface area contributed by atoms with Crippen molar-refractivity contribution in [3.8, 4) is 0 Å². The smallest absolute Gasteiger partial charge is 0.335 e. The van der Waals surface area contributed by atoms with E-state index in [1.165, 1.54) is 17.7 Å². The quantitative estimate of drug-likeness (QED) is 0.430. The van der Waals surface area contributed by atoms with Crippen molar-refractivity contribution in [2.45, 2.75) is 13.5 Å². The summed E-state index contributed by atoms with van der Waals surface area (Å²) >= 11 is 0. The Balaban J connectivity index is 1.77. The minimum Gasteiger partial charge on any atom is -0.478 e. The van der Waals surface area contributed by atoms with E-state index < -0.39 is 5.97 Å². The van der Waals surface area contributed by atoms with Crippen molar-refractivity contribution in [1.82, 2.24) is 5.32 Å². The van der Waals surface area contributed by atoms with Gasteiger partial charge in [-0.1, -0.05) is 55.5 Å². The van der Waals surface area contributed by atoms with Gasteiger partial charge in [-0.2, -0.15) is 0 Å². The summed E-state index contributed by atoms with van der Waals surface area (Å²) in [5, 5.41) is 18.8. The SMILES string of the molecule is CCNCc1ccc(NC(=C2C(=O)Nc3cc(C(=O)O)ccc32)c2ccccc2)cc1. The first-order valence-electron chi connectivity index (χ1n) is 10.1. The van der Waals surface area contributed by atoms with Crippen LogP contribution in [0, 0.1) is 0 Å². The number of carbonyl (C=O) groups is 2. The van der Waals surface area contributed by atoms with Crippen LogP contribution in [-0.2, 0) is 11.3 Å². The molecule has 156 valence electrons. The molecule has 0 saturated carbocycles. The molecule has 0 spiro atoms. The van der Waals surface area contributed by atoms with Gasteiger partial charge in [0, 0.05) is 17.8 Å². The summed E-state index contributed by atoms with van der Waals surface area (Å²) in [5.41, 5.74) is 5.34. The van der Waals surface area contributed by atoms with E-state index in [1.54, 1.807) is 6.07 Å². The Morgan fingerprint density at radius 2 is 1.71 bits per heavy atom. The molecule has 0 saturated heterocycles. The number of carboxylic acids is 1. The van der Waals surface area contributed by atoms with Crippen LogP contribution >= 0.6 is 0 Å². The molecule has 6 nitrogen and oxygen atoms in total. The zero-order chi connectivity index (χ0) is 21.8. The highest BCUT2D eigenvalue weighted by Crippen LogP contribution is 2.38. The first-order valence-corrected chi connectivity index (χ1v) is 10.1. The summed E-state index contributed by atoms with van der Waals surface area (Å²) in [7, 11) is 0. The maximum absolute atomic E-state index is 12.9. The van der Waals surface area contributed by atoms with E-state index in [4.69, 9.17) is 0 Å². The lowest BCUT2D eigenvalue weighted by molar-refractivity contribution is -0.110. The molecule has 0 bridgehead atoms. The largest absolute Gasteiger partial charge is 0.478 e. The zero-order valence-corrected chi connectivity index (χ0v) is 17.1. The second-order valence-electron chi connectivity index (χ2n) is 7.24. The molecule has 0 unspecified atom stereocenters. The monoisotopic (exact) mass is 413 g/mol. The molecule has 1 heterocycles. The normalized spacial score (nSPS) is 14.0. The van der Waals surface area contributed by atoms with Crippen LogP contribution in [0.3, 0.4) is 0 Å². The van der Waals surface area contributed by atoms with Crippen LogP contribution in [0.25, 0.3) is 11.3 Å². The fraction of sp³-hybridized carbons (Fsp3) is 0.120. The molecular formula is C25H23N3O3. The summed E-state index contributed by atoms with van der Waals surface area (Å²) in [6.45, 7) is 3.77. The summed E-state index contributed by atoms with van der Waals surface area (Å²) in [6.07, 6.45) is 0. The number of hydrogen-bond donors (Lipinski definition) is 4. The third-order valence-electron chi connectivity index (χ3n) is 5.13. The lowest BCUT2D eigenvalue weighted by Gasteiger charge is -2.15. The molecule has 1 amide bonds. The van der Waals surface area contributed by atoms with E-state index in [0.717, 1.165) is 24.3 Å². The van der Waals surface area contributed by atoms with E-state index in [-0.39, 0.29) is 11.5 Å². The van der Waals surface area contributed by atoms with Gasteiger partial charge in [0.15, 0.2) is 0 Å². The number of hydrogen-bond acceptors (Lipinski definition) is 4. The lowest BCUT2D eigenvalue weighted by atomic mass is 9.99. The third kappa shape index (κ3) is 4.34. The Bertz CT molecular complexity index is 1150. The molecule has 0 radical (unpaired) electrons. The van der Waals surface area contributed by atoms with Crippen LogP contribution in [0.2, 0.25) is 0 Å². The van der Waals surface area contributed by atoms with Crippen LogP contribution in [0.1, 0.15) is 34.0 Å². The molecule has 1 aliphatic rings. The maximum atomic E-state index is 12.9. The number of anilines is 2. The van der Waals surface area contributed by atoms with E-state index in [1.807, 2.05) is 54.6 Å². The van der Waals surface area contributed by atoms with E-state index in [9.17, 15) is 14.7 Å². The summed E-state index contributed by atoms with van der Waals surface area (Å²) in [5.74, 6) is -1.30. The van der Waals surface area contributed by atoms with Crippen molar-refractivity contribution in [2.75, 3.05) is 17.2 Å². The summed E-state index contributed by atoms with van der Waals surface area (Å²) < 4.78 is 0. The van der Waals surface area contributed by atoms with Crippen molar-refractivity contribution in [2.24, 2.45) is 0 Å². The molecule has 6 heteroatoms. The Labute approximate surface area is 180 Å². The Morgan fingerprint density at radius 3 is 2.39 bits per heavy atom. The molecule has 3 aromatic rings. The zero-order valence-electron chi connectivity index (χ0n) is 17.1. The van der Waals surface area contributed by atoms with E-state index in [2.05, 4.69) is 22.9 Å². The standard InChI is InChI=1S/C25H23N3O3/c1-2-26-15-16-8-11-19(12-9-16)27-23(17-6-4-3-5-7-17)22-20-13-10-18(25(30)31)14-21(20)28-24(22)29/h3-14,26-27H,2,15H2,1H3,(H,28,29)(H,30,31). The highest BCUT2D eigenvalue weighted by atomic mass is 16.4. The number of fused-ring (bicyclic) bond motifs is 1. The number of nitrogens with one attached hydrogen (secondary N) is 3. The number of carbonyl (C=O) groups excluding carboxylic acids is 1. The van der Waals surface area contributed by atoms with Gasteiger partial charge in [-0.3, -0.25) is 4.79 Å². The summed E-state index contributed by atoms with van der Waals surface area (Å²) in [4.78, 5) is 24.2. The van der Waals surface area contributed by atoms with Crippen molar-refractivity contribution in [1.29, 1.82) is 0 Å². The van der Waals surface area contributed by atoms with Gasteiger partial charge in [-0.25, -0.2) is 4.79 Å². The predicted molar refractivity (Wildman–Crippen MR) is 123 cm³/mol. The molecular weight excluding hydrogens is 390 g/mol. The molecule has 0 atom stereocenters. The third-order valence-corrected chi connectivity index (χ3v) is 5.13. The van der Waals surface area contributed by atoms with Gasteiger partial charge in [0.2, 0.25) is 0 Å². The Morgan fingerprint density at radius 1 is 0.968 bits per heavy atom. The average molecular weight is 413 g/mol. The van der Waals surface area contributed by atoms with Gasteiger partial charge in [0.1, 0.15) is 0 Å². The molecule has 0 fully saturated rings. The highest BCUT2D eigenvalue weighted by Gasteiger charge is 2.29. The first kappa shape index (κ1) is 20.4. The number of benzene rings is 3. The molecule has 0 aliphatic carbocycles. The van der Waals surface area contributed by atoms with Crippen LogP contribution in [0.5, 0.6) is 0 Å². The fourth-order valence-electron chi connectivity index (χ4n) is 3.56. The highest BCUT2D eigenvalue weighted by molar-refractivity contribution is 6.37. The maximum Gasteiger partial charge on any atom is 0.335 e. The van der Waals surface area contributed by atoms with E-state index >= 15 is 0 Å². The lowest BCUT2D eigenvalue weighted by Crippen LogP contribution is -2.12. The van der Waals surface area contributed by atoms with Crippen molar-refractivity contribution in [3.63, 3.8) is 0 Å². The Kier molecular flexibility index (Phi) is 5.82. The molecule has 3 aromatic carbocycles. The number of rotatable bonds is 7. The number of aromatic carboxylic acids is 1. The topological polar surface area (TPSA) is 90.5 Å². The van der Waals surface area contributed by atoms with Gasteiger partial charge < -0.3 is 21.1 Å². The van der Waals surface area contributed by atoms with Crippen molar-refractivity contribution in [3.05, 3.63) is 95.1 Å². The second-order valence-corrected chi connectivity index (χ2v) is 7.24. The van der Waals surface area contributed by atoms with Crippen LogP contribution in [-0.4, -0.2) is 23.5 Å². The number of amides is 1. The molecule has 1 aliphatic heterocycles. The van der Waals surface area contributed by atoms with Crippen molar-refractivity contribution < 1.29 is 14.7 Å².